The average molecular weight is 406 g/mol. The van der Waals surface area contributed by atoms with Gasteiger partial charge in [0.15, 0.2) is 11.5 Å². The lowest BCUT2D eigenvalue weighted by Crippen LogP contribution is -2.29. The molecular formula is C18H22N4O5S. The second-order valence-corrected chi connectivity index (χ2v) is 7.02. The summed E-state index contributed by atoms with van der Waals surface area (Å²) < 4.78 is 15.8. The van der Waals surface area contributed by atoms with Crippen molar-refractivity contribution in [2.24, 2.45) is 0 Å². The van der Waals surface area contributed by atoms with Crippen LogP contribution in [0.3, 0.4) is 0 Å². The third-order valence-electron chi connectivity index (χ3n) is 4.27. The molecule has 1 fully saturated rings. The number of thioether (sulfide) groups is 1. The van der Waals surface area contributed by atoms with E-state index >= 15 is 0 Å². The number of carbonyl (C=O) groups excluding carboxylic acids is 2. The predicted molar refractivity (Wildman–Crippen MR) is 102 cm³/mol. The number of ether oxygens (including phenoxy) is 2. The molecule has 3 rings (SSSR count). The summed E-state index contributed by atoms with van der Waals surface area (Å²) in [5, 5.41) is 10.8. The molecular weight excluding hydrogens is 384 g/mol. The molecule has 2 aromatic rings. The summed E-state index contributed by atoms with van der Waals surface area (Å²) in [6.07, 6.45) is 2.11. The lowest BCUT2D eigenvalue weighted by molar-refractivity contribution is -0.127. The van der Waals surface area contributed by atoms with Crippen LogP contribution in [-0.2, 0) is 11.3 Å². The molecule has 1 aliphatic rings. The summed E-state index contributed by atoms with van der Waals surface area (Å²) in [5.41, 5.74) is 0.419. The number of hydrogen-bond donors (Lipinski definition) is 1. The molecule has 2 amide bonds. The highest BCUT2D eigenvalue weighted by Gasteiger charge is 2.19. The standard InChI is InChI=1S/C18H22N4O5S/c1-25-13-6-5-12(9-14(13)26-2)17(24)19-10-15-20-21-18(27-15)28-11-16(23)22-7-3-4-8-22/h5-6,9H,3-4,7-8,10-11H2,1-2H3,(H,19,24). The van der Waals surface area contributed by atoms with Gasteiger partial charge in [-0.25, -0.2) is 0 Å². The first-order chi connectivity index (χ1) is 13.6. The van der Waals surface area contributed by atoms with Gasteiger partial charge in [0.2, 0.25) is 11.8 Å². The topological polar surface area (TPSA) is 107 Å². The molecule has 10 heteroatoms. The summed E-state index contributed by atoms with van der Waals surface area (Å²) in [6.45, 7) is 1.72. The van der Waals surface area contributed by atoms with Crippen LogP contribution >= 0.6 is 11.8 Å². The maximum absolute atomic E-state index is 12.3. The molecule has 1 aromatic carbocycles. The van der Waals surface area contributed by atoms with Gasteiger partial charge >= 0.3 is 0 Å². The van der Waals surface area contributed by atoms with Gasteiger partial charge in [0.25, 0.3) is 11.1 Å². The highest BCUT2D eigenvalue weighted by Crippen LogP contribution is 2.27. The lowest BCUT2D eigenvalue weighted by atomic mass is 10.2. The fraction of sp³-hybridized carbons (Fsp3) is 0.444. The Hall–Kier alpha value is -2.75. The molecule has 1 aromatic heterocycles. The zero-order valence-electron chi connectivity index (χ0n) is 15.8. The molecule has 0 atom stereocenters. The minimum Gasteiger partial charge on any atom is -0.493 e. The van der Waals surface area contributed by atoms with Gasteiger partial charge < -0.3 is 24.1 Å². The van der Waals surface area contributed by atoms with Crippen LogP contribution in [0.15, 0.2) is 27.8 Å². The number of benzene rings is 1. The summed E-state index contributed by atoms with van der Waals surface area (Å²) in [6, 6.07) is 4.88. The van der Waals surface area contributed by atoms with Gasteiger partial charge in [-0.1, -0.05) is 11.8 Å². The zero-order valence-corrected chi connectivity index (χ0v) is 16.6. The van der Waals surface area contributed by atoms with Gasteiger partial charge in [-0.3, -0.25) is 9.59 Å². The first-order valence-corrected chi connectivity index (χ1v) is 9.82. The minimum atomic E-state index is -0.308. The highest BCUT2D eigenvalue weighted by molar-refractivity contribution is 7.99. The first-order valence-electron chi connectivity index (χ1n) is 8.84. The van der Waals surface area contributed by atoms with Crippen molar-refractivity contribution in [1.29, 1.82) is 0 Å². The normalized spacial score (nSPS) is 13.4. The van der Waals surface area contributed by atoms with E-state index in [1.165, 1.54) is 26.0 Å². The molecule has 9 nitrogen and oxygen atoms in total. The van der Waals surface area contributed by atoms with Crippen LogP contribution in [-0.4, -0.2) is 60.0 Å². The summed E-state index contributed by atoms with van der Waals surface area (Å²) in [5.74, 6) is 1.31. The van der Waals surface area contributed by atoms with E-state index in [0.717, 1.165) is 25.9 Å². The van der Waals surface area contributed by atoms with Crippen LogP contribution in [0.4, 0.5) is 0 Å². The second-order valence-electron chi connectivity index (χ2n) is 6.09. The van der Waals surface area contributed by atoms with Crippen molar-refractivity contribution in [2.75, 3.05) is 33.1 Å². The van der Waals surface area contributed by atoms with E-state index in [9.17, 15) is 9.59 Å². The Morgan fingerprint density at radius 1 is 1.18 bits per heavy atom. The number of aromatic nitrogens is 2. The molecule has 0 bridgehead atoms. The largest absolute Gasteiger partial charge is 0.493 e. The number of carbonyl (C=O) groups is 2. The van der Waals surface area contributed by atoms with Crippen molar-refractivity contribution in [3.05, 3.63) is 29.7 Å². The quantitative estimate of drug-likeness (QED) is 0.661. The maximum Gasteiger partial charge on any atom is 0.277 e. The zero-order chi connectivity index (χ0) is 19.9. The summed E-state index contributed by atoms with van der Waals surface area (Å²) in [4.78, 5) is 26.2. The van der Waals surface area contributed by atoms with Gasteiger partial charge in [0.05, 0.1) is 26.5 Å². The molecule has 1 saturated heterocycles. The van der Waals surface area contributed by atoms with Crippen LogP contribution in [0.25, 0.3) is 0 Å². The molecule has 0 radical (unpaired) electrons. The van der Waals surface area contributed by atoms with Gasteiger partial charge in [-0.15, -0.1) is 10.2 Å². The Morgan fingerprint density at radius 2 is 1.93 bits per heavy atom. The Morgan fingerprint density at radius 3 is 2.64 bits per heavy atom. The monoisotopic (exact) mass is 406 g/mol. The number of nitrogens with zero attached hydrogens (tertiary/aromatic N) is 3. The fourth-order valence-corrected chi connectivity index (χ4v) is 3.47. The van der Waals surface area contributed by atoms with Crippen LogP contribution in [0.2, 0.25) is 0 Å². The predicted octanol–water partition coefficient (Wildman–Crippen LogP) is 1.73. The third kappa shape index (κ3) is 4.94. The van der Waals surface area contributed by atoms with Crippen molar-refractivity contribution >= 4 is 23.6 Å². The molecule has 0 aliphatic carbocycles. The Labute approximate surface area is 166 Å². The Balaban J connectivity index is 1.49. The van der Waals surface area contributed by atoms with Crippen LogP contribution in [0.5, 0.6) is 11.5 Å². The molecule has 1 N–H and O–H groups in total. The fourth-order valence-electron chi connectivity index (χ4n) is 2.78. The summed E-state index contributed by atoms with van der Waals surface area (Å²) >= 11 is 1.20. The summed E-state index contributed by atoms with van der Waals surface area (Å²) in [7, 11) is 3.03. The van der Waals surface area contributed by atoms with E-state index in [4.69, 9.17) is 13.9 Å². The molecule has 150 valence electrons. The maximum atomic E-state index is 12.3. The minimum absolute atomic E-state index is 0.0732. The SMILES string of the molecule is COc1ccc(C(=O)NCc2nnc(SCC(=O)N3CCCC3)o2)cc1OC. The van der Waals surface area contributed by atoms with Crippen molar-refractivity contribution in [2.45, 2.75) is 24.6 Å². The number of likely N-dealkylation sites (tertiary alicyclic amines) is 1. The lowest BCUT2D eigenvalue weighted by Gasteiger charge is -2.13. The molecule has 0 unspecified atom stereocenters. The highest BCUT2D eigenvalue weighted by atomic mass is 32.2. The smallest absolute Gasteiger partial charge is 0.277 e. The molecule has 0 spiro atoms. The molecule has 2 heterocycles. The van der Waals surface area contributed by atoms with Crippen molar-refractivity contribution in [3.8, 4) is 11.5 Å². The first kappa shape index (κ1) is 20.0. The van der Waals surface area contributed by atoms with E-state index in [2.05, 4.69) is 15.5 Å². The van der Waals surface area contributed by atoms with Gasteiger partial charge in [-0.2, -0.15) is 0 Å². The van der Waals surface area contributed by atoms with Gasteiger partial charge in [-0.05, 0) is 31.0 Å². The van der Waals surface area contributed by atoms with Crippen LogP contribution < -0.4 is 14.8 Å². The van der Waals surface area contributed by atoms with E-state index in [1.807, 2.05) is 4.90 Å². The average Bonchev–Trinajstić information content (AvgIpc) is 3.41. The Bertz CT molecular complexity index is 835. The number of amides is 2. The number of methoxy groups -OCH3 is 2. The van der Waals surface area contributed by atoms with Crippen LogP contribution in [0, 0.1) is 0 Å². The van der Waals surface area contributed by atoms with Crippen molar-refractivity contribution < 1.29 is 23.5 Å². The number of hydrogen-bond acceptors (Lipinski definition) is 8. The van der Waals surface area contributed by atoms with E-state index in [0.29, 0.717) is 22.3 Å². The second kappa shape index (κ2) is 9.45. The number of rotatable bonds is 8. The number of nitrogens with one attached hydrogen (secondary N) is 1. The van der Waals surface area contributed by atoms with E-state index in [-0.39, 0.29) is 30.0 Å². The van der Waals surface area contributed by atoms with Gasteiger partial charge in [0, 0.05) is 18.7 Å². The van der Waals surface area contributed by atoms with E-state index < -0.39 is 0 Å². The van der Waals surface area contributed by atoms with E-state index in [1.54, 1.807) is 18.2 Å². The van der Waals surface area contributed by atoms with Gasteiger partial charge in [0.1, 0.15) is 0 Å². The third-order valence-corrected chi connectivity index (χ3v) is 5.08. The molecule has 1 aliphatic heterocycles. The molecule has 28 heavy (non-hydrogen) atoms. The molecule has 0 saturated carbocycles. The van der Waals surface area contributed by atoms with Crippen molar-refractivity contribution in [1.82, 2.24) is 20.4 Å². The van der Waals surface area contributed by atoms with Crippen molar-refractivity contribution in [3.63, 3.8) is 0 Å². The Kier molecular flexibility index (Phi) is 6.75. The van der Waals surface area contributed by atoms with Crippen LogP contribution in [0.1, 0.15) is 29.1 Å².